The van der Waals surface area contributed by atoms with Crippen molar-refractivity contribution < 1.29 is 4.79 Å². The Morgan fingerprint density at radius 1 is 1.50 bits per heavy atom. The van der Waals surface area contributed by atoms with Crippen LogP contribution in [0.5, 0.6) is 0 Å². The van der Waals surface area contributed by atoms with E-state index in [2.05, 4.69) is 14.7 Å². The summed E-state index contributed by atoms with van der Waals surface area (Å²) >= 11 is 3.06. The van der Waals surface area contributed by atoms with Crippen LogP contribution >= 0.6 is 23.3 Å². The third-order valence-electron chi connectivity index (χ3n) is 2.78. The molecule has 1 amide bonds. The minimum Gasteiger partial charge on any atom is -0.340 e. The zero-order valence-corrected chi connectivity index (χ0v) is 12.1. The van der Waals surface area contributed by atoms with Gasteiger partial charge in [0.2, 0.25) is 5.91 Å². The van der Waals surface area contributed by atoms with E-state index in [1.807, 2.05) is 11.8 Å². The molecular weight excluding hydrogens is 268 g/mol. The van der Waals surface area contributed by atoms with Gasteiger partial charge in [0.25, 0.3) is 0 Å². The highest BCUT2D eigenvalue weighted by Gasteiger charge is 2.15. The van der Waals surface area contributed by atoms with Gasteiger partial charge in [-0.05, 0) is 11.5 Å². The van der Waals surface area contributed by atoms with Crippen molar-refractivity contribution in [2.24, 2.45) is 0 Å². The molecule has 1 saturated heterocycles. The first kappa shape index (κ1) is 13.8. The van der Waals surface area contributed by atoms with E-state index in [4.69, 9.17) is 0 Å². The van der Waals surface area contributed by atoms with E-state index >= 15 is 0 Å². The summed E-state index contributed by atoms with van der Waals surface area (Å²) in [6, 6.07) is 0. The van der Waals surface area contributed by atoms with Crippen molar-refractivity contribution >= 4 is 29.2 Å². The molecule has 1 fully saturated rings. The molecule has 0 saturated carbocycles. The van der Waals surface area contributed by atoms with Gasteiger partial charge in [-0.1, -0.05) is 18.7 Å². The first-order valence-corrected chi connectivity index (χ1v) is 7.99. The summed E-state index contributed by atoms with van der Waals surface area (Å²) in [6.07, 6.45) is 1.46. The van der Waals surface area contributed by atoms with E-state index < -0.39 is 0 Å². The molecule has 7 heteroatoms. The highest BCUT2D eigenvalue weighted by molar-refractivity contribution is 8.00. The predicted molar refractivity (Wildman–Crippen MR) is 74.1 cm³/mol. The number of piperazine rings is 1. The molecule has 18 heavy (non-hydrogen) atoms. The molecule has 100 valence electrons. The van der Waals surface area contributed by atoms with Gasteiger partial charge in [0.15, 0.2) is 4.34 Å². The molecule has 2 heterocycles. The first-order valence-electron chi connectivity index (χ1n) is 6.23. The molecule has 1 aliphatic heterocycles. The lowest BCUT2D eigenvalue weighted by Gasteiger charge is -2.27. The normalized spacial score (nSPS) is 15.9. The third-order valence-corrected chi connectivity index (χ3v) is 4.65. The Morgan fingerprint density at radius 3 is 2.94 bits per heavy atom. The van der Waals surface area contributed by atoms with Gasteiger partial charge < -0.3 is 10.2 Å². The Hall–Kier alpha value is -0.660. The first-order chi connectivity index (χ1) is 8.79. The molecule has 5 nitrogen and oxygen atoms in total. The number of thioether (sulfide) groups is 1. The standard InChI is InChI=1S/C11H18N4OS2/c1-2-9-13-11(18-14-9)17-8-3-10(16)15-6-4-12-5-7-15/h12H,2-8H2,1H3. The fourth-order valence-electron chi connectivity index (χ4n) is 1.74. The number of rotatable bonds is 5. The summed E-state index contributed by atoms with van der Waals surface area (Å²) in [5.41, 5.74) is 0. The molecule has 1 N–H and O–H groups in total. The van der Waals surface area contributed by atoms with Gasteiger partial charge in [-0.15, -0.1) is 0 Å². The van der Waals surface area contributed by atoms with Gasteiger partial charge in [-0.25, -0.2) is 4.98 Å². The maximum Gasteiger partial charge on any atom is 0.223 e. The van der Waals surface area contributed by atoms with Crippen LogP contribution < -0.4 is 5.32 Å². The van der Waals surface area contributed by atoms with Crippen molar-refractivity contribution in [3.8, 4) is 0 Å². The maximum atomic E-state index is 11.9. The van der Waals surface area contributed by atoms with E-state index in [0.29, 0.717) is 6.42 Å². The number of nitrogens with zero attached hydrogens (tertiary/aromatic N) is 3. The van der Waals surface area contributed by atoms with Gasteiger partial charge in [-0.2, -0.15) is 4.37 Å². The molecule has 1 aromatic rings. The molecule has 0 aromatic carbocycles. The van der Waals surface area contributed by atoms with Crippen molar-refractivity contribution in [1.82, 2.24) is 19.6 Å². The molecule has 1 aromatic heterocycles. The largest absolute Gasteiger partial charge is 0.340 e. The van der Waals surface area contributed by atoms with Crippen LogP contribution in [0.15, 0.2) is 4.34 Å². The molecule has 0 radical (unpaired) electrons. The van der Waals surface area contributed by atoms with E-state index in [-0.39, 0.29) is 5.91 Å². The quantitative estimate of drug-likeness (QED) is 0.819. The molecule has 0 aliphatic carbocycles. The highest BCUT2D eigenvalue weighted by atomic mass is 32.2. The van der Waals surface area contributed by atoms with Crippen molar-refractivity contribution in [3.05, 3.63) is 5.82 Å². The summed E-state index contributed by atoms with van der Waals surface area (Å²) in [6.45, 7) is 5.54. The highest BCUT2D eigenvalue weighted by Crippen LogP contribution is 2.21. The monoisotopic (exact) mass is 286 g/mol. The second kappa shape index (κ2) is 7.06. The Bertz CT molecular complexity index is 390. The van der Waals surface area contributed by atoms with Crippen LogP contribution in [-0.2, 0) is 11.2 Å². The number of amides is 1. The van der Waals surface area contributed by atoms with Gasteiger partial charge in [-0.3, -0.25) is 4.79 Å². The number of carbonyl (C=O) groups is 1. The minimum absolute atomic E-state index is 0.254. The van der Waals surface area contributed by atoms with Crippen LogP contribution in [-0.4, -0.2) is 52.1 Å². The zero-order valence-electron chi connectivity index (χ0n) is 10.5. The summed E-state index contributed by atoms with van der Waals surface area (Å²) in [7, 11) is 0. The van der Waals surface area contributed by atoms with Crippen molar-refractivity contribution in [2.75, 3.05) is 31.9 Å². The Kier molecular flexibility index (Phi) is 5.40. The van der Waals surface area contributed by atoms with Crippen LogP contribution in [0.4, 0.5) is 0 Å². The minimum atomic E-state index is 0.254. The average Bonchev–Trinajstić information content (AvgIpc) is 2.87. The van der Waals surface area contributed by atoms with Crippen molar-refractivity contribution in [2.45, 2.75) is 24.1 Å². The molecule has 0 spiro atoms. The van der Waals surface area contributed by atoms with E-state index in [1.165, 1.54) is 11.5 Å². The maximum absolute atomic E-state index is 11.9. The number of hydrogen-bond donors (Lipinski definition) is 1. The summed E-state index contributed by atoms with van der Waals surface area (Å²) < 4.78 is 5.20. The Labute approximate surface area is 116 Å². The van der Waals surface area contributed by atoms with Crippen molar-refractivity contribution in [3.63, 3.8) is 0 Å². The second-order valence-corrected chi connectivity index (χ2v) is 6.15. The van der Waals surface area contributed by atoms with Crippen LogP contribution in [0, 0.1) is 0 Å². The van der Waals surface area contributed by atoms with Crippen LogP contribution in [0.2, 0.25) is 0 Å². The lowest BCUT2D eigenvalue weighted by atomic mass is 10.3. The summed E-state index contributed by atoms with van der Waals surface area (Å²) in [5.74, 6) is 1.95. The summed E-state index contributed by atoms with van der Waals surface area (Å²) in [4.78, 5) is 18.2. The van der Waals surface area contributed by atoms with Gasteiger partial charge in [0.1, 0.15) is 5.82 Å². The number of carbonyl (C=O) groups excluding carboxylic acids is 1. The number of aryl methyl sites for hydroxylation is 1. The van der Waals surface area contributed by atoms with E-state index in [0.717, 1.165) is 48.5 Å². The van der Waals surface area contributed by atoms with Crippen molar-refractivity contribution in [1.29, 1.82) is 0 Å². The summed E-state index contributed by atoms with van der Waals surface area (Å²) in [5, 5.41) is 3.25. The van der Waals surface area contributed by atoms with Crippen LogP contribution in [0.1, 0.15) is 19.2 Å². The van der Waals surface area contributed by atoms with E-state index in [9.17, 15) is 4.79 Å². The molecule has 2 rings (SSSR count). The van der Waals surface area contributed by atoms with Crippen LogP contribution in [0.25, 0.3) is 0 Å². The Balaban J connectivity index is 1.69. The number of aromatic nitrogens is 2. The van der Waals surface area contributed by atoms with Crippen LogP contribution in [0.3, 0.4) is 0 Å². The molecule has 0 atom stereocenters. The van der Waals surface area contributed by atoms with E-state index in [1.54, 1.807) is 11.8 Å². The smallest absolute Gasteiger partial charge is 0.223 e. The molecule has 1 aliphatic rings. The second-order valence-electron chi connectivity index (χ2n) is 4.06. The topological polar surface area (TPSA) is 58.1 Å². The number of nitrogens with one attached hydrogen (secondary N) is 1. The lowest BCUT2D eigenvalue weighted by molar-refractivity contribution is -0.131. The zero-order chi connectivity index (χ0) is 12.8. The fourth-order valence-corrected chi connectivity index (χ4v) is 3.43. The third kappa shape index (κ3) is 3.93. The molecule has 0 bridgehead atoms. The fraction of sp³-hybridized carbons (Fsp3) is 0.727. The molecular formula is C11H18N4OS2. The predicted octanol–water partition coefficient (Wildman–Crippen LogP) is 1.01. The SMILES string of the molecule is CCc1nsc(SCCC(=O)N2CCNCC2)n1. The molecule has 0 unspecified atom stereocenters. The van der Waals surface area contributed by atoms with Gasteiger partial charge in [0, 0.05) is 44.8 Å². The number of hydrogen-bond acceptors (Lipinski definition) is 6. The lowest BCUT2D eigenvalue weighted by Crippen LogP contribution is -2.46. The van der Waals surface area contributed by atoms with Gasteiger partial charge in [0.05, 0.1) is 0 Å². The Morgan fingerprint density at radius 2 is 2.28 bits per heavy atom. The average molecular weight is 286 g/mol. The van der Waals surface area contributed by atoms with Gasteiger partial charge >= 0.3 is 0 Å².